The number of halogens is 1. The third-order valence-electron chi connectivity index (χ3n) is 3.40. The number of benzene rings is 1. The van der Waals surface area contributed by atoms with Crippen LogP contribution in [0.5, 0.6) is 11.5 Å². The van der Waals surface area contributed by atoms with Crippen molar-refractivity contribution in [1.82, 2.24) is 10.2 Å². The van der Waals surface area contributed by atoms with Gasteiger partial charge >= 0.3 is 0 Å². The van der Waals surface area contributed by atoms with Gasteiger partial charge in [-0.15, -0.1) is 0 Å². The van der Waals surface area contributed by atoms with E-state index in [4.69, 9.17) is 21.1 Å². The molecule has 5 nitrogen and oxygen atoms in total. The number of hydrogen-bond acceptors (Lipinski definition) is 5. The predicted octanol–water partition coefficient (Wildman–Crippen LogP) is 1.54. The summed E-state index contributed by atoms with van der Waals surface area (Å²) in [4.78, 5) is 2.14. The van der Waals surface area contributed by atoms with Crippen molar-refractivity contribution < 1.29 is 9.47 Å². The van der Waals surface area contributed by atoms with Crippen LogP contribution in [0.3, 0.4) is 0 Å². The molecule has 19 heavy (non-hydrogen) atoms. The first-order chi connectivity index (χ1) is 9.29. The van der Waals surface area contributed by atoms with Crippen molar-refractivity contribution in [1.29, 1.82) is 5.26 Å². The molecule has 1 N–H and O–H groups in total. The molecule has 0 aromatic heterocycles. The van der Waals surface area contributed by atoms with Crippen molar-refractivity contribution in [2.75, 3.05) is 33.0 Å². The van der Waals surface area contributed by atoms with Gasteiger partial charge in [-0.25, -0.2) is 0 Å². The fourth-order valence-electron chi connectivity index (χ4n) is 2.45. The summed E-state index contributed by atoms with van der Waals surface area (Å²) in [6.07, 6.45) is 0. The Bertz CT molecular complexity index is 523. The Hall–Kier alpha value is -1.48. The topological polar surface area (TPSA) is 57.5 Å². The average molecular weight is 280 g/mol. The summed E-state index contributed by atoms with van der Waals surface area (Å²) < 4.78 is 10.6. The van der Waals surface area contributed by atoms with Crippen molar-refractivity contribution in [3.63, 3.8) is 0 Å². The molecule has 1 fully saturated rings. The van der Waals surface area contributed by atoms with Gasteiger partial charge in [0.15, 0.2) is 11.5 Å². The molecule has 0 amide bonds. The highest BCUT2D eigenvalue weighted by atomic mass is 35.5. The first-order valence-corrected chi connectivity index (χ1v) is 6.61. The number of piperazine rings is 1. The molecule has 100 valence electrons. The summed E-state index contributed by atoms with van der Waals surface area (Å²) in [5, 5.41) is 13.2. The molecule has 2 aliphatic rings. The van der Waals surface area contributed by atoms with Crippen LogP contribution in [-0.2, 0) is 0 Å². The first kappa shape index (κ1) is 12.5. The Balaban J connectivity index is 1.91. The van der Waals surface area contributed by atoms with E-state index < -0.39 is 0 Å². The van der Waals surface area contributed by atoms with Gasteiger partial charge in [0.25, 0.3) is 0 Å². The Kier molecular flexibility index (Phi) is 3.47. The number of nitrogens with one attached hydrogen (secondary N) is 1. The molecule has 1 aromatic rings. The Morgan fingerprint density at radius 2 is 2.11 bits per heavy atom. The number of nitriles is 1. The molecule has 1 saturated heterocycles. The van der Waals surface area contributed by atoms with Gasteiger partial charge in [0, 0.05) is 26.2 Å². The van der Waals surface area contributed by atoms with Gasteiger partial charge in [-0.05, 0) is 17.7 Å². The third kappa shape index (κ3) is 2.35. The van der Waals surface area contributed by atoms with E-state index in [2.05, 4.69) is 16.3 Å². The summed E-state index contributed by atoms with van der Waals surface area (Å²) in [6, 6.07) is 5.70. The second-order valence-corrected chi connectivity index (χ2v) is 4.96. The molecule has 6 heteroatoms. The zero-order chi connectivity index (χ0) is 13.2. The second kappa shape index (κ2) is 5.25. The van der Waals surface area contributed by atoms with Crippen LogP contribution in [0.25, 0.3) is 0 Å². The van der Waals surface area contributed by atoms with E-state index in [-0.39, 0.29) is 12.8 Å². The Labute approximate surface area is 116 Å². The monoisotopic (exact) mass is 279 g/mol. The lowest BCUT2D eigenvalue weighted by Crippen LogP contribution is -2.44. The van der Waals surface area contributed by atoms with Gasteiger partial charge in [0.05, 0.1) is 11.1 Å². The minimum atomic E-state index is -0.297. The standard InChI is InChI=1S/C13H14ClN3O2/c14-10-5-9(6-12-13(10)19-8-18-12)11(7-15)17-3-1-16-2-4-17/h5-6,11,16H,1-4,8H2. The van der Waals surface area contributed by atoms with Crippen molar-refractivity contribution in [3.8, 4) is 17.6 Å². The highest BCUT2D eigenvalue weighted by Crippen LogP contribution is 2.41. The zero-order valence-electron chi connectivity index (χ0n) is 10.4. The van der Waals surface area contributed by atoms with Crippen LogP contribution >= 0.6 is 11.6 Å². The SMILES string of the molecule is N#CC(c1cc(Cl)c2c(c1)OCO2)N1CCNCC1. The lowest BCUT2D eigenvalue weighted by molar-refractivity contribution is 0.173. The number of hydrogen-bond donors (Lipinski definition) is 1. The second-order valence-electron chi connectivity index (χ2n) is 4.55. The van der Waals surface area contributed by atoms with Crippen LogP contribution in [0.15, 0.2) is 12.1 Å². The van der Waals surface area contributed by atoms with Crippen LogP contribution in [0, 0.1) is 11.3 Å². The highest BCUT2D eigenvalue weighted by molar-refractivity contribution is 6.32. The quantitative estimate of drug-likeness (QED) is 0.890. The van der Waals surface area contributed by atoms with Gasteiger partial charge < -0.3 is 14.8 Å². The molecular formula is C13H14ClN3O2. The predicted molar refractivity (Wildman–Crippen MR) is 70.4 cm³/mol. The van der Waals surface area contributed by atoms with Gasteiger partial charge in [0.1, 0.15) is 6.04 Å². The Morgan fingerprint density at radius 1 is 1.32 bits per heavy atom. The molecule has 0 bridgehead atoms. The van der Waals surface area contributed by atoms with Gasteiger partial charge in [0.2, 0.25) is 6.79 Å². The number of ether oxygens (including phenoxy) is 2. The smallest absolute Gasteiger partial charge is 0.231 e. The van der Waals surface area contributed by atoms with Crippen molar-refractivity contribution >= 4 is 11.6 Å². The van der Waals surface area contributed by atoms with Crippen LogP contribution in [-0.4, -0.2) is 37.9 Å². The fourth-order valence-corrected chi connectivity index (χ4v) is 2.73. The third-order valence-corrected chi connectivity index (χ3v) is 3.69. The largest absolute Gasteiger partial charge is 0.454 e. The fraction of sp³-hybridized carbons (Fsp3) is 0.462. The Morgan fingerprint density at radius 3 is 2.84 bits per heavy atom. The summed E-state index contributed by atoms with van der Waals surface area (Å²) in [5.74, 6) is 1.19. The van der Waals surface area contributed by atoms with E-state index in [0.29, 0.717) is 16.5 Å². The molecule has 0 radical (unpaired) electrons. The molecular weight excluding hydrogens is 266 g/mol. The van der Waals surface area contributed by atoms with Crippen LogP contribution < -0.4 is 14.8 Å². The van der Waals surface area contributed by atoms with Crippen LogP contribution in [0.2, 0.25) is 5.02 Å². The molecule has 0 saturated carbocycles. The summed E-state index contributed by atoms with van der Waals surface area (Å²) in [5.41, 5.74) is 0.860. The van der Waals surface area contributed by atoms with Gasteiger partial charge in [-0.3, -0.25) is 4.90 Å². The maximum Gasteiger partial charge on any atom is 0.231 e. The summed E-state index contributed by atoms with van der Waals surface area (Å²) in [7, 11) is 0. The van der Waals surface area contributed by atoms with Crippen molar-refractivity contribution in [2.24, 2.45) is 0 Å². The molecule has 0 aliphatic carbocycles. The highest BCUT2D eigenvalue weighted by Gasteiger charge is 2.26. The van der Waals surface area contributed by atoms with Crippen molar-refractivity contribution in [3.05, 3.63) is 22.7 Å². The molecule has 0 spiro atoms. The minimum Gasteiger partial charge on any atom is -0.454 e. The van der Waals surface area contributed by atoms with Crippen molar-refractivity contribution in [2.45, 2.75) is 6.04 Å². The van der Waals surface area contributed by atoms with E-state index >= 15 is 0 Å². The van der Waals surface area contributed by atoms with E-state index in [1.807, 2.05) is 6.07 Å². The molecule has 2 heterocycles. The first-order valence-electron chi connectivity index (χ1n) is 6.23. The number of fused-ring (bicyclic) bond motifs is 1. The lowest BCUT2D eigenvalue weighted by atomic mass is 10.0. The number of rotatable bonds is 2. The van der Waals surface area contributed by atoms with Gasteiger partial charge in [-0.1, -0.05) is 11.6 Å². The average Bonchev–Trinajstić information content (AvgIpc) is 2.90. The number of nitrogens with zero attached hydrogens (tertiary/aromatic N) is 2. The van der Waals surface area contributed by atoms with Gasteiger partial charge in [-0.2, -0.15) is 5.26 Å². The van der Waals surface area contributed by atoms with E-state index in [1.165, 1.54) is 0 Å². The summed E-state index contributed by atoms with van der Waals surface area (Å²) >= 11 is 6.17. The maximum absolute atomic E-state index is 9.44. The van der Waals surface area contributed by atoms with E-state index in [0.717, 1.165) is 31.7 Å². The van der Waals surface area contributed by atoms with Crippen LogP contribution in [0.4, 0.5) is 0 Å². The summed E-state index contributed by atoms with van der Waals surface area (Å²) in [6.45, 7) is 3.69. The maximum atomic E-state index is 9.44. The molecule has 2 aliphatic heterocycles. The van der Waals surface area contributed by atoms with E-state index in [1.54, 1.807) is 6.07 Å². The normalized spacial score (nSPS) is 20.0. The zero-order valence-corrected chi connectivity index (χ0v) is 11.1. The van der Waals surface area contributed by atoms with E-state index in [9.17, 15) is 5.26 Å². The molecule has 1 aromatic carbocycles. The molecule has 3 rings (SSSR count). The van der Waals surface area contributed by atoms with Crippen LogP contribution in [0.1, 0.15) is 11.6 Å². The lowest BCUT2D eigenvalue weighted by Gasteiger charge is -2.31. The molecule has 1 unspecified atom stereocenters. The molecule has 1 atom stereocenters. The minimum absolute atomic E-state index is 0.184.